The van der Waals surface area contributed by atoms with Crippen molar-refractivity contribution in [2.45, 2.75) is 46.6 Å². The number of hydrogen-bond donors (Lipinski definition) is 1. The Balaban J connectivity index is 2.81. The number of rotatable bonds is 8. The van der Waals surface area contributed by atoms with E-state index >= 15 is 0 Å². The molecule has 21 heavy (non-hydrogen) atoms. The molecule has 1 aromatic heterocycles. The smallest absolute Gasteiger partial charge is 0.251 e. The fourth-order valence-corrected chi connectivity index (χ4v) is 2.19. The zero-order chi connectivity index (χ0) is 15.8. The molecule has 0 aliphatic rings. The summed E-state index contributed by atoms with van der Waals surface area (Å²) in [6, 6.07) is 3.40. The lowest BCUT2D eigenvalue weighted by Crippen LogP contribution is -2.42. The van der Waals surface area contributed by atoms with E-state index in [1.54, 1.807) is 6.07 Å². The third-order valence-corrected chi connectivity index (χ3v) is 3.43. The molecule has 0 aromatic carbocycles. The molecule has 1 aromatic rings. The van der Waals surface area contributed by atoms with Gasteiger partial charge in [0.1, 0.15) is 5.15 Å². The van der Waals surface area contributed by atoms with E-state index in [1.807, 2.05) is 13.0 Å². The quantitative estimate of drug-likeness (QED) is 0.748. The molecule has 0 aliphatic carbocycles. The molecule has 1 atom stereocenters. The van der Waals surface area contributed by atoms with Gasteiger partial charge in [-0.2, -0.15) is 0 Å². The minimum absolute atomic E-state index is 0.0148. The largest absolute Gasteiger partial charge is 0.380 e. The average molecular weight is 313 g/mol. The predicted molar refractivity (Wildman–Crippen MR) is 85.8 cm³/mol. The Labute approximate surface area is 132 Å². The first-order valence-electron chi connectivity index (χ1n) is 7.53. The Morgan fingerprint density at radius 3 is 2.67 bits per heavy atom. The highest BCUT2D eigenvalue weighted by atomic mass is 35.5. The SMILES string of the molecule is CCCc1cc(C(=O)NC(COCC)C(C)C)cc(Cl)n1. The van der Waals surface area contributed by atoms with Gasteiger partial charge < -0.3 is 10.1 Å². The van der Waals surface area contributed by atoms with Crippen molar-refractivity contribution in [3.8, 4) is 0 Å². The van der Waals surface area contributed by atoms with Crippen LogP contribution in [0.15, 0.2) is 12.1 Å². The van der Waals surface area contributed by atoms with Gasteiger partial charge in [-0.3, -0.25) is 4.79 Å². The van der Waals surface area contributed by atoms with Crippen LogP contribution in [0.3, 0.4) is 0 Å². The number of halogens is 1. The van der Waals surface area contributed by atoms with E-state index in [1.165, 1.54) is 0 Å². The van der Waals surface area contributed by atoms with E-state index in [0.717, 1.165) is 18.5 Å². The van der Waals surface area contributed by atoms with Crippen LogP contribution >= 0.6 is 11.6 Å². The average Bonchev–Trinajstić information content (AvgIpc) is 2.42. The number of nitrogens with zero attached hydrogens (tertiary/aromatic N) is 1. The number of carbonyl (C=O) groups is 1. The van der Waals surface area contributed by atoms with Crippen molar-refractivity contribution in [1.29, 1.82) is 0 Å². The Hall–Kier alpha value is -1.13. The molecule has 118 valence electrons. The number of aryl methyl sites for hydroxylation is 1. The Morgan fingerprint density at radius 2 is 2.10 bits per heavy atom. The van der Waals surface area contributed by atoms with Gasteiger partial charge >= 0.3 is 0 Å². The van der Waals surface area contributed by atoms with Crippen molar-refractivity contribution >= 4 is 17.5 Å². The van der Waals surface area contributed by atoms with Gasteiger partial charge in [-0.1, -0.05) is 38.8 Å². The van der Waals surface area contributed by atoms with Crippen molar-refractivity contribution in [2.75, 3.05) is 13.2 Å². The number of carbonyl (C=O) groups excluding carboxylic acids is 1. The second-order valence-corrected chi connectivity index (χ2v) is 5.79. The summed E-state index contributed by atoms with van der Waals surface area (Å²) in [7, 11) is 0. The number of pyridine rings is 1. The normalized spacial score (nSPS) is 12.5. The molecular formula is C16H25ClN2O2. The molecule has 0 radical (unpaired) electrons. The fourth-order valence-electron chi connectivity index (χ4n) is 1.96. The Morgan fingerprint density at radius 1 is 1.38 bits per heavy atom. The molecule has 0 saturated heterocycles. The second-order valence-electron chi connectivity index (χ2n) is 5.40. The van der Waals surface area contributed by atoms with Crippen LogP contribution in [-0.4, -0.2) is 30.1 Å². The number of amides is 1. The number of aromatic nitrogens is 1. The Kier molecular flexibility index (Phi) is 7.68. The predicted octanol–water partition coefficient (Wildman–Crippen LogP) is 3.48. The van der Waals surface area contributed by atoms with Crippen molar-refractivity contribution in [3.05, 3.63) is 28.5 Å². The van der Waals surface area contributed by atoms with Crippen LogP contribution in [-0.2, 0) is 11.2 Å². The highest BCUT2D eigenvalue weighted by Gasteiger charge is 2.18. The zero-order valence-electron chi connectivity index (χ0n) is 13.3. The van der Waals surface area contributed by atoms with Crippen molar-refractivity contribution in [3.63, 3.8) is 0 Å². The summed E-state index contributed by atoms with van der Waals surface area (Å²) in [4.78, 5) is 16.6. The highest BCUT2D eigenvalue weighted by Crippen LogP contribution is 2.13. The van der Waals surface area contributed by atoms with Gasteiger partial charge in [0.25, 0.3) is 5.91 Å². The number of ether oxygens (including phenoxy) is 1. The molecular weight excluding hydrogens is 288 g/mol. The molecule has 1 N–H and O–H groups in total. The van der Waals surface area contributed by atoms with Gasteiger partial charge in [0.15, 0.2) is 0 Å². The van der Waals surface area contributed by atoms with E-state index in [-0.39, 0.29) is 11.9 Å². The molecule has 0 saturated carbocycles. The van der Waals surface area contributed by atoms with Crippen molar-refractivity contribution in [1.82, 2.24) is 10.3 Å². The van der Waals surface area contributed by atoms with Crippen LogP contribution in [0.25, 0.3) is 0 Å². The summed E-state index contributed by atoms with van der Waals surface area (Å²) in [6.45, 7) is 9.29. The van der Waals surface area contributed by atoms with E-state index in [2.05, 4.69) is 31.1 Å². The highest BCUT2D eigenvalue weighted by molar-refractivity contribution is 6.29. The Bertz CT molecular complexity index is 464. The standard InChI is InChI=1S/C16H25ClN2O2/c1-5-7-13-8-12(9-15(17)18-13)16(20)19-14(11(3)4)10-21-6-2/h8-9,11,14H,5-7,10H2,1-4H3,(H,19,20). The molecule has 0 bridgehead atoms. The van der Waals surface area contributed by atoms with E-state index in [9.17, 15) is 4.79 Å². The van der Waals surface area contributed by atoms with Crippen LogP contribution in [0, 0.1) is 5.92 Å². The van der Waals surface area contributed by atoms with Gasteiger partial charge in [0, 0.05) is 17.9 Å². The molecule has 1 unspecified atom stereocenters. The molecule has 0 fully saturated rings. The summed E-state index contributed by atoms with van der Waals surface area (Å²) in [5.41, 5.74) is 1.40. The maximum Gasteiger partial charge on any atom is 0.251 e. The van der Waals surface area contributed by atoms with Crippen LogP contribution in [0.5, 0.6) is 0 Å². The molecule has 5 heteroatoms. The summed E-state index contributed by atoms with van der Waals surface area (Å²) in [6.07, 6.45) is 1.78. The second kappa shape index (κ2) is 9.00. The summed E-state index contributed by atoms with van der Waals surface area (Å²) < 4.78 is 5.43. The molecule has 0 aliphatic heterocycles. The molecule has 1 heterocycles. The third-order valence-electron chi connectivity index (χ3n) is 3.24. The lowest BCUT2D eigenvalue weighted by atomic mass is 10.0. The lowest BCUT2D eigenvalue weighted by Gasteiger charge is -2.22. The first-order chi connectivity index (χ1) is 9.97. The summed E-state index contributed by atoms with van der Waals surface area (Å²) in [5, 5.41) is 3.37. The van der Waals surface area contributed by atoms with Gasteiger partial charge in [0.05, 0.1) is 12.6 Å². The first kappa shape index (κ1) is 17.9. The number of hydrogen-bond acceptors (Lipinski definition) is 3. The lowest BCUT2D eigenvalue weighted by molar-refractivity contribution is 0.0806. The van der Waals surface area contributed by atoms with E-state index in [0.29, 0.717) is 29.8 Å². The van der Waals surface area contributed by atoms with Gasteiger partial charge in [-0.05, 0) is 31.4 Å². The van der Waals surface area contributed by atoms with Crippen molar-refractivity contribution < 1.29 is 9.53 Å². The van der Waals surface area contributed by atoms with Gasteiger partial charge in [0.2, 0.25) is 0 Å². The molecule has 4 nitrogen and oxygen atoms in total. The van der Waals surface area contributed by atoms with Gasteiger partial charge in [-0.25, -0.2) is 4.98 Å². The van der Waals surface area contributed by atoms with E-state index in [4.69, 9.17) is 16.3 Å². The van der Waals surface area contributed by atoms with Crippen LogP contribution < -0.4 is 5.32 Å². The van der Waals surface area contributed by atoms with Crippen LogP contribution in [0.4, 0.5) is 0 Å². The zero-order valence-corrected chi connectivity index (χ0v) is 14.0. The maximum absolute atomic E-state index is 12.4. The molecule has 1 rings (SSSR count). The summed E-state index contributed by atoms with van der Waals surface area (Å²) in [5.74, 6) is 0.169. The molecule has 0 spiro atoms. The van der Waals surface area contributed by atoms with Crippen molar-refractivity contribution in [2.24, 2.45) is 5.92 Å². The van der Waals surface area contributed by atoms with Gasteiger partial charge in [-0.15, -0.1) is 0 Å². The minimum Gasteiger partial charge on any atom is -0.380 e. The van der Waals surface area contributed by atoms with E-state index < -0.39 is 0 Å². The monoisotopic (exact) mass is 312 g/mol. The summed E-state index contributed by atoms with van der Waals surface area (Å²) >= 11 is 6.00. The maximum atomic E-state index is 12.4. The van der Waals surface area contributed by atoms with Crippen LogP contribution in [0.2, 0.25) is 5.15 Å². The minimum atomic E-state index is -0.130. The first-order valence-corrected chi connectivity index (χ1v) is 7.90. The third kappa shape index (κ3) is 6.02. The topological polar surface area (TPSA) is 51.2 Å². The fraction of sp³-hybridized carbons (Fsp3) is 0.625. The number of nitrogens with one attached hydrogen (secondary N) is 1. The van der Waals surface area contributed by atoms with Crippen LogP contribution in [0.1, 0.15) is 50.2 Å². The molecule has 1 amide bonds.